The smallest absolute Gasteiger partial charge is 0.120 e. The van der Waals surface area contributed by atoms with Gasteiger partial charge in [-0.05, 0) is 80.1 Å². The Labute approximate surface area is 164 Å². The zero-order chi connectivity index (χ0) is 17.6. The van der Waals surface area contributed by atoms with Crippen LogP contribution in [0.15, 0.2) is 46.9 Å². The van der Waals surface area contributed by atoms with E-state index in [4.69, 9.17) is 16.3 Å². The van der Waals surface area contributed by atoms with Gasteiger partial charge in [0.25, 0.3) is 0 Å². The lowest BCUT2D eigenvalue weighted by Crippen LogP contribution is -2.35. The number of benzene rings is 2. The maximum atomic E-state index is 6.26. The van der Waals surface area contributed by atoms with E-state index in [1.165, 1.54) is 37.1 Å². The van der Waals surface area contributed by atoms with Crippen LogP contribution >= 0.6 is 27.5 Å². The highest BCUT2D eigenvalue weighted by molar-refractivity contribution is 9.10. The van der Waals surface area contributed by atoms with Crippen LogP contribution in [-0.4, -0.2) is 31.6 Å². The van der Waals surface area contributed by atoms with E-state index in [9.17, 15) is 0 Å². The normalized spacial score (nSPS) is 16.1. The number of likely N-dealkylation sites (tertiary alicyclic amines) is 1. The average Bonchev–Trinajstić information content (AvgIpc) is 2.62. The average molecular weight is 423 g/mol. The molecule has 1 aliphatic rings. The Kier molecular flexibility index (Phi) is 6.80. The molecule has 0 bridgehead atoms. The molecule has 0 radical (unpaired) electrons. The second kappa shape index (κ2) is 9.07. The predicted octanol–water partition coefficient (Wildman–Crippen LogP) is 5.61. The van der Waals surface area contributed by atoms with Crippen molar-refractivity contribution in [2.75, 3.05) is 26.7 Å². The molecule has 0 aliphatic carbocycles. The van der Waals surface area contributed by atoms with Crippen LogP contribution in [0, 0.1) is 5.92 Å². The highest BCUT2D eigenvalue weighted by Crippen LogP contribution is 2.27. The minimum Gasteiger partial charge on any atom is -0.497 e. The highest BCUT2D eigenvalue weighted by Gasteiger charge is 2.19. The maximum absolute atomic E-state index is 6.26. The number of rotatable bonds is 6. The van der Waals surface area contributed by atoms with Gasteiger partial charge in [0.2, 0.25) is 0 Å². The van der Waals surface area contributed by atoms with Crippen molar-refractivity contribution >= 4 is 27.5 Å². The summed E-state index contributed by atoms with van der Waals surface area (Å²) in [7, 11) is 1.73. The first kappa shape index (κ1) is 18.8. The van der Waals surface area contributed by atoms with Gasteiger partial charge in [0, 0.05) is 16.0 Å². The fourth-order valence-corrected chi connectivity index (χ4v) is 4.33. The number of ether oxygens (including phenoxy) is 1. The number of halogens is 2. The Bertz CT molecular complexity index is 698. The summed E-state index contributed by atoms with van der Waals surface area (Å²) in [6.45, 7) is 3.46. The maximum Gasteiger partial charge on any atom is 0.120 e. The number of methoxy groups -OCH3 is 1. The van der Waals surface area contributed by atoms with Gasteiger partial charge in [0.05, 0.1) is 7.11 Å². The SMILES string of the molecule is COc1cc(Br)cc(CC2CCN(CCc3ccccc3Cl)CC2)c1. The second-order valence-electron chi connectivity index (χ2n) is 6.83. The standard InChI is InChI=1S/C21H25BrClNO/c1-25-20-14-17(13-19(22)15-20)12-16-6-9-24(10-7-16)11-8-18-4-2-3-5-21(18)23/h2-5,13-16H,6-12H2,1H3. The molecule has 134 valence electrons. The summed E-state index contributed by atoms with van der Waals surface area (Å²) in [5.41, 5.74) is 2.62. The van der Waals surface area contributed by atoms with Crippen molar-refractivity contribution < 1.29 is 4.74 Å². The minimum absolute atomic E-state index is 0.760. The molecule has 0 aromatic heterocycles. The van der Waals surface area contributed by atoms with Crippen LogP contribution in [0.2, 0.25) is 5.02 Å². The quantitative estimate of drug-likeness (QED) is 0.600. The van der Waals surface area contributed by atoms with Crippen LogP contribution < -0.4 is 4.74 Å². The Morgan fingerprint density at radius 1 is 1.16 bits per heavy atom. The number of hydrogen-bond donors (Lipinski definition) is 0. The van der Waals surface area contributed by atoms with Gasteiger partial charge in [-0.25, -0.2) is 0 Å². The van der Waals surface area contributed by atoms with Gasteiger partial charge in [-0.2, -0.15) is 0 Å². The summed E-state index contributed by atoms with van der Waals surface area (Å²) in [6.07, 6.45) is 4.69. The van der Waals surface area contributed by atoms with Crippen molar-refractivity contribution in [1.29, 1.82) is 0 Å². The Hall–Kier alpha value is -1.03. The van der Waals surface area contributed by atoms with Crippen molar-refractivity contribution in [3.8, 4) is 5.75 Å². The van der Waals surface area contributed by atoms with Gasteiger partial charge in [-0.3, -0.25) is 0 Å². The molecule has 0 spiro atoms. The molecule has 0 atom stereocenters. The molecule has 1 heterocycles. The summed E-state index contributed by atoms with van der Waals surface area (Å²) < 4.78 is 6.47. The third-order valence-electron chi connectivity index (χ3n) is 5.05. The lowest BCUT2D eigenvalue weighted by Gasteiger charge is -2.32. The van der Waals surface area contributed by atoms with E-state index in [2.05, 4.69) is 45.1 Å². The molecule has 0 unspecified atom stereocenters. The Morgan fingerprint density at radius 3 is 2.64 bits per heavy atom. The summed E-state index contributed by atoms with van der Waals surface area (Å²) in [5, 5.41) is 0.890. The molecule has 25 heavy (non-hydrogen) atoms. The van der Waals surface area contributed by atoms with Gasteiger partial charge in [-0.15, -0.1) is 0 Å². The van der Waals surface area contributed by atoms with Crippen LogP contribution in [-0.2, 0) is 12.8 Å². The molecule has 0 amide bonds. The van der Waals surface area contributed by atoms with Gasteiger partial charge in [0.15, 0.2) is 0 Å². The first-order chi connectivity index (χ1) is 12.1. The predicted molar refractivity (Wildman–Crippen MR) is 109 cm³/mol. The Morgan fingerprint density at radius 2 is 1.92 bits per heavy atom. The molecular formula is C21H25BrClNO. The first-order valence-corrected chi connectivity index (χ1v) is 10.1. The highest BCUT2D eigenvalue weighted by atomic mass is 79.9. The van der Waals surface area contributed by atoms with E-state index in [0.29, 0.717) is 0 Å². The van der Waals surface area contributed by atoms with Crippen molar-refractivity contribution in [3.05, 3.63) is 63.1 Å². The minimum atomic E-state index is 0.760. The van der Waals surface area contributed by atoms with Gasteiger partial charge in [0.1, 0.15) is 5.75 Å². The van der Waals surface area contributed by atoms with E-state index in [1.54, 1.807) is 7.11 Å². The molecular weight excluding hydrogens is 398 g/mol. The molecule has 2 aromatic carbocycles. The topological polar surface area (TPSA) is 12.5 Å². The van der Waals surface area contributed by atoms with Crippen LogP contribution in [0.25, 0.3) is 0 Å². The summed E-state index contributed by atoms with van der Waals surface area (Å²) in [4.78, 5) is 2.57. The molecule has 3 rings (SSSR count). The molecule has 4 heteroatoms. The molecule has 1 saturated heterocycles. The molecule has 1 fully saturated rings. The monoisotopic (exact) mass is 421 g/mol. The zero-order valence-corrected chi connectivity index (χ0v) is 17.0. The van der Waals surface area contributed by atoms with Crippen LogP contribution in [0.1, 0.15) is 24.0 Å². The fraction of sp³-hybridized carbons (Fsp3) is 0.429. The summed E-state index contributed by atoms with van der Waals surface area (Å²) in [6, 6.07) is 14.6. The van der Waals surface area contributed by atoms with Gasteiger partial charge < -0.3 is 9.64 Å². The molecule has 0 N–H and O–H groups in total. The van der Waals surface area contributed by atoms with E-state index in [1.807, 2.05) is 18.2 Å². The van der Waals surface area contributed by atoms with Crippen LogP contribution in [0.4, 0.5) is 0 Å². The second-order valence-corrected chi connectivity index (χ2v) is 8.15. The largest absolute Gasteiger partial charge is 0.497 e. The summed E-state index contributed by atoms with van der Waals surface area (Å²) >= 11 is 9.84. The Balaban J connectivity index is 1.47. The first-order valence-electron chi connectivity index (χ1n) is 8.93. The van der Waals surface area contributed by atoms with Crippen molar-refractivity contribution in [3.63, 3.8) is 0 Å². The van der Waals surface area contributed by atoms with Crippen LogP contribution in [0.5, 0.6) is 5.75 Å². The van der Waals surface area contributed by atoms with E-state index in [-0.39, 0.29) is 0 Å². The van der Waals surface area contributed by atoms with Gasteiger partial charge in [-0.1, -0.05) is 45.7 Å². The molecule has 1 aliphatic heterocycles. The van der Waals surface area contributed by atoms with E-state index >= 15 is 0 Å². The third-order valence-corrected chi connectivity index (χ3v) is 5.88. The number of nitrogens with zero attached hydrogens (tertiary/aromatic N) is 1. The van der Waals surface area contributed by atoms with Gasteiger partial charge >= 0.3 is 0 Å². The molecule has 2 aromatic rings. The fourth-order valence-electron chi connectivity index (χ4n) is 3.58. The van der Waals surface area contributed by atoms with Crippen LogP contribution in [0.3, 0.4) is 0 Å². The lowest BCUT2D eigenvalue weighted by molar-refractivity contribution is 0.186. The van der Waals surface area contributed by atoms with Crippen molar-refractivity contribution in [2.45, 2.75) is 25.7 Å². The molecule has 2 nitrogen and oxygen atoms in total. The van der Waals surface area contributed by atoms with Crippen molar-refractivity contribution in [1.82, 2.24) is 4.90 Å². The van der Waals surface area contributed by atoms with E-state index < -0.39 is 0 Å². The van der Waals surface area contributed by atoms with Crippen molar-refractivity contribution in [2.24, 2.45) is 5.92 Å². The summed E-state index contributed by atoms with van der Waals surface area (Å²) in [5.74, 6) is 1.69. The van der Waals surface area contributed by atoms with E-state index in [0.717, 1.165) is 40.5 Å². The number of hydrogen-bond acceptors (Lipinski definition) is 2. The molecule has 0 saturated carbocycles. The third kappa shape index (κ3) is 5.47. The zero-order valence-electron chi connectivity index (χ0n) is 14.7. The number of piperidine rings is 1. The lowest BCUT2D eigenvalue weighted by atomic mass is 9.90.